The second kappa shape index (κ2) is 7.29. The molecule has 1 saturated heterocycles. The minimum Gasteiger partial charge on any atom is -0.381 e. The lowest BCUT2D eigenvalue weighted by Gasteiger charge is -2.29. The number of para-hydroxylation sites is 1. The van der Waals surface area contributed by atoms with Crippen molar-refractivity contribution in [2.24, 2.45) is 10.7 Å². The van der Waals surface area contributed by atoms with E-state index in [2.05, 4.69) is 4.99 Å². The van der Waals surface area contributed by atoms with Gasteiger partial charge in [-0.3, -0.25) is 9.59 Å². The van der Waals surface area contributed by atoms with Crippen LogP contribution in [0.4, 0.5) is 5.69 Å². The lowest BCUT2D eigenvalue weighted by atomic mass is 9.90. The molecule has 6 heteroatoms. The Labute approximate surface area is 147 Å². The SMILES string of the molecule is CC(/C=C/C(=O)N1CCc2ccccc21)=NC(=O)C1(N)CCOCC1. The summed E-state index contributed by atoms with van der Waals surface area (Å²) in [6.45, 7) is 3.31. The molecule has 0 aromatic heterocycles. The van der Waals surface area contributed by atoms with Gasteiger partial charge in [-0.1, -0.05) is 18.2 Å². The lowest BCUT2D eigenvalue weighted by molar-refractivity contribution is -0.126. The van der Waals surface area contributed by atoms with E-state index in [9.17, 15) is 9.59 Å². The standard InChI is InChI=1S/C19H23N3O3/c1-14(21-18(24)19(20)9-12-25-13-10-19)6-7-17(23)22-11-8-15-4-2-3-5-16(15)22/h2-7H,8-13,20H2,1H3/b7-6+,21-14?. The molecule has 2 heterocycles. The van der Waals surface area contributed by atoms with Gasteiger partial charge in [-0.2, -0.15) is 0 Å². The zero-order chi connectivity index (χ0) is 17.9. The Morgan fingerprint density at radius 1 is 1.24 bits per heavy atom. The highest BCUT2D eigenvalue weighted by molar-refractivity contribution is 6.09. The van der Waals surface area contributed by atoms with Crippen LogP contribution in [0.1, 0.15) is 25.3 Å². The number of hydrogen-bond acceptors (Lipinski definition) is 4. The van der Waals surface area contributed by atoms with Crippen molar-refractivity contribution in [3.05, 3.63) is 42.0 Å². The molecule has 2 N–H and O–H groups in total. The fraction of sp³-hybridized carbons (Fsp3) is 0.421. The second-order valence-electron chi connectivity index (χ2n) is 6.53. The Kier molecular flexibility index (Phi) is 5.11. The van der Waals surface area contributed by atoms with Gasteiger partial charge >= 0.3 is 0 Å². The van der Waals surface area contributed by atoms with Gasteiger partial charge in [0.25, 0.3) is 11.8 Å². The predicted octanol–water partition coefficient (Wildman–Crippen LogP) is 1.63. The van der Waals surface area contributed by atoms with E-state index < -0.39 is 5.54 Å². The molecule has 0 bridgehead atoms. The zero-order valence-electron chi connectivity index (χ0n) is 14.4. The molecule has 1 aromatic carbocycles. The summed E-state index contributed by atoms with van der Waals surface area (Å²) in [4.78, 5) is 30.5. The largest absolute Gasteiger partial charge is 0.381 e. The van der Waals surface area contributed by atoms with E-state index in [1.54, 1.807) is 17.9 Å². The van der Waals surface area contributed by atoms with Crippen molar-refractivity contribution >= 4 is 23.2 Å². The highest BCUT2D eigenvalue weighted by atomic mass is 16.5. The van der Waals surface area contributed by atoms with Crippen LogP contribution < -0.4 is 10.6 Å². The van der Waals surface area contributed by atoms with Crippen LogP contribution in [0, 0.1) is 0 Å². The van der Waals surface area contributed by atoms with Gasteiger partial charge in [0.2, 0.25) is 0 Å². The summed E-state index contributed by atoms with van der Waals surface area (Å²) in [6, 6.07) is 7.88. The van der Waals surface area contributed by atoms with Crippen LogP contribution in [0.2, 0.25) is 0 Å². The number of fused-ring (bicyclic) bond motifs is 1. The van der Waals surface area contributed by atoms with Gasteiger partial charge in [0.1, 0.15) is 5.54 Å². The Hall–Kier alpha value is -2.31. The topological polar surface area (TPSA) is 85.0 Å². The molecule has 2 aliphatic rings. The summed E-state index contributed by atoms with van der Waals surface area (Å²) in [7, 11) is 0. The second-order valence-corrected chi connectivity index (χ2v) is 6.53. The fourth-order valence-electron chi connectivity index (χ4n) is 3.11. The molecule has 0 saturated carbocycles. The number of amides is 2. The molecule has 1 aromatic rings. The molecule has 0 spiro atoms. The molecule has 1 fully saturated rings. The average molecular weight is 341 g/mol. The van der Waals surface area contributed by atoms with Crippen molar-refractivity contribution < 1.29 is 14.3 Å². The molecular weight excluding hydrogens is 318 g/mol. The quantitative estimate of drug-likeness (QED) is 0.669. The molecule has 0 atom stereocenters. The smallest absolute Gasteiger partial charge is 0.266 e. The van der Waals surface area contributed by atoms with E-state index in [0.29, 0.717) is 38.3 Å². The molecule has 0 aliphatic carbocycles. The summed E-state index contributed by atoms with van der Waals surface area (Å²) in [5.74, 6) is -0.461. The van der Waals surface area contributed by atoms with Gasteiger partial charge in [-0.25, -0.2) is 4.99 Å². The van der Waals surface area contributed by atoms with Crippen LogP contribution in [-0.2, 0) is 20.7 Å². The first kappa shape index (κ1) is 17.5. The Bertz CT molecular complexity index is 733. The first-order chi connectivity index (χ1) is 12.0. The van der Waals surface area contributed by atoms with Crippen molar-refractivity contribution in [2.45, 2.75) is 31.7 Å². The fourth-order valence-corrected chi connectivity index (χ4v) is 3.11. The summed E-state index contributed by atoms with van der Waals surface area (Å²) in [5, 5.41) is 0. The van der Waals surface area contributed by atoms with E-state index in [4.69, 9.17) is 10.5 Å². The highest BCUT2D eigenvalue weighted by Gasteiger charge is 2.35. The van der Waals surface area contributed by atoms with Crippen LogP contribution in [0.15, 0.2) is 41.4 Å². The Morgan fingerprint density at radius 3 is 2.72 bits per heavy atom. The number of anilines is 1. The number of carbonyl (C=O) groups is 2. The highest BCUT2D eigenvalue weighted by Crippen LogP contribution is 2.27. The number of nitrogens with two attached hydrogens (primary N) is 1. The number of allylic oxidation sites excluding steroid dienone is 1. The van der Waals surface area contributed by atoms with Crippen molar-refractivity contribution in [1.82, 2.24) is 0 Å². The summed E-state index contributed by atoms with van der Waals surface area (Å²) in [6.07, 6.45) is 4.83. The summed E-state index contributed by atoms with van der Waals surface area (Å²) < 4.78 is 5.24. The van der Waals surface area contributed by atoms with E-state index >= 15 is 0 Å². The normalized spacial score (nSPS) is 19.9. The molecule has 2 amide bonds. The third kappa shape index (κ3) is 3.86. The Morgan fingerprint density at radius 2 is 1.96 bits per heavy atom. The number of nitrogens with zero attached hydrogens (tertiary/aromatic N) is 2. The maximum absolute atomic E-state index is 12.4. The number of benzene rings is 1. The number of carbonyl (C=O) groups excluding carboxylic acids is 2. The van der Waals surface area contributed by atoms with Gasteiger partial charge < -0.3 is 15.4 Å². The first-order valence-electron chi connectivity index (χ1n) is 8.53. The molecule has 0 radical (unpaired) electrons. The number of rotatable bonds is 3. The minimum atomic E-state index is -0.953. The van der Waals surface area contributed by atoms with Crippen LogP contribution in [0.25, 0.3) is 0 Å². The molecular formula is C19H23N3O3. The molecule has 0 unspecified atom stereocenters. The summed E-state index contributed by atoms with van der Waals surface area (Å²) in [5.41, 5.74) is 7.77. The first-order valence-corrected chi connectivity index (χ1v) is 8.53. The van der Waals surface area contributed by atoms with Crippen molar-refractivity contribution in [3.8, 4) is 0 Å². The van der Waals surface area contributed by atoms with Crippen LogP contribution in [0.3, 0.4) is 0 Å². The molecule has 3 rings (SSSR count). The van der Waals surface area contributed by atoms with E-state index in [1.807, 2.05) is 24.3 Å². The zero-order valence-corrected chi connectivity index (χ0v) is 14.4. The number of aliphatic imine (C=N–C) groups is 1. The molecule has 132 valence electrons. The minimum absolute atomic E-state index is 0.111. The third-order valence-corrected chi connectivity index (χ3v) is 4.71. The van der Waals surface area contributed by atoms with Gasteiger partial charge in [-0.05, 0) is 43.9 Å². The monoisotopic (exact) mass is 341 g/mol. The van der Waals surface area contributed by atoms with E-state index in [-0.39, 0.29) is 11.8 Å². The van der Waals surface area contributed by atoms with Gasteiger partial charge in [-0.15, -0.1) is 0 Å². The summed E-state index contributed by atoms with van der Waals surface area (Å²) >= 11 is 0. The van der Waals surface area contributed by atoms with Gasteiger partial charge in [0, 0.05) is 37.2 Å². The molecule has 6 nitrogen and oxygen atoms in total. The average Bonchev–Trinajstić information content (AvgIpc) is 3.04. The Balaban J connectivity index is 1.65. The van der Waals surface area contributed by atoms with Gasteiger partial charge in [0.05, 0.1) is 0 Å². The van der Waals surface area contributed by atoms with E-state index in [1.165, 1.54) is 11.6 Å². The number of hydrogen-bond donors (Lipinski definition) is 1. The number of ether oxygens (including phenoxy) is 1. The molecule has 2 aliphatic heterocycles. The van der Waals surface area contributed by atoms with Crippen molar-refractivity contribution in [3.63, 3.8) is 0 Å². The third-order valence-electron chi connectivity index (χ3n) is 4.71. The van der Waals surface area contributed by atoms with Crippen LogP contribution in [-0.4, -0.2) is 42.8 Å². The van der Waals surface area contributed by atoms with Crippen LogP contribution in [0.5, 0.6) is 0 Å². The van der Waals surface area contributed by atoms with E-state index in [0.717, 1.165) is 12.1 Å². The molecule has 25 heavy (non-hydrogen) atoms. The maximum atomic E-state index is 12.4. The van der Waals surface area contributed by atoms with Crippen molar-refractivity contribution in [2.75, 3.05) is 24.7 Å². The van der Waals surface area contributed by atoms with Crippen LogP contribution >= 0.6 is 0 Å². The van der Waals surface area contributed by atoms with Gasteiger partial charge in [0.15, 0.2) is 0 Å². The maximum Gasteiger partial charge on any atom is 0.266 e. The van der Waals surface area contributed by atoms with Crippen molar-refractivity contribution in [1.29, 1.82) is 0 Å². The predicted molar refractivity (Wildman–Crippen MR) is 96.7 cm³/mol. The lowest BCUT2D eigenvalue weighted by Crippen LogP contribution is -2.51.